The van der Waals surface area contributed by atoms with E-state index in [1.54, 1.807) is 0 Å². The number of hydrogen-bond acceptors (Lipinski definition) is 4. The monoisotopic (exact) mass is 345 g/mol. The summed E-state index contributed by atoms with van der Waals surface area (Å²) in [6, 6.07) is 6.53. The predicted molar refractivity (Wildman–Crippen MR) is 102 cm³/mol. The van der Waals surface area contributed by atoms with E-state index in [1.165, 1.54) is 27.7 Å². The molecule has 5 nitrogen and oxygen atoms in total. The molecule has 2 heterocycles. The van der Waals surface area contributed by atoms with Crippen LogP contribution in [0.4, 0.5) is 0 Å². The molecule has 5 heteroatoms. The van der Waals surface area contributed by atoms with Crippen LogP contribution < -0.4 is 0 Å². The van der Waals surface area contributed by atoms with Gasteiger partial charge in [0.25, 0.3) is 0 Å². The highest BCUT2D eigenvalue weighted by atomic mass is 16.3. The number of rotatable bonds is 7. The third kappa shape index (κ3) is 3.90. The maximum Gasteiger partial charge on any atom is 0.0558 e. The molecule has 0 amide bonds. The molecule has 3 N–H and O–H groups in total. The number of aromatic amines is 1. The highest BCUT2D eigenvalue weighted by Crippen LogP contribution is 2.29. The minimum atomic E-state index is 0.185. The molecule has 138 valence electrons. The lowest BCUT2D eigenvalue weighted by Crippen LogP contribution is -2.32. The van der Waals surface area contributed by atoms with Crippen LogP contribution in [0.3, 0.4) is 0 Å². The summed E-state index contributed by atoms with van der Waals surface area (Å²) in [6.45, 7) is 9.17. The maximum atomic E-state index is 9.77. The van der Waals surface area contributed by atoms with E-state index >= 15 is 0 Å². The summed E-state index contributed by atoms with van der Waals surface area (Å²) in [7, 11) is 2.04. The molecule has 1 saturated heterocycles. The number of hydrogen-bond donors (Lipinski definition) is 3. The SMILES string of the molecule is Cc1[nH]c2c(CN3CC(CO)C(CN(C)CCO)C3)cccc2c1C. The van der Waals surface area contributed by atoms with E-state index in [9.17, 15) is 5.11 Å². The lowest BCUT2D eigenvalue weighted by Gasteiger charge is -2.23. The first-order valence-electron chi connectivity index (χ1n) is 9.22. The largest absolute Gasteiger partial charge is 0.396 e. The molecular weight excluding hydrogens is 314 g/mol. The number of nitrogens with zero attached hydrogens (tertiary/aromatic N) is 2. The van der Waals surface area contributed by atoms with Gasteiger partial charge < -0.3 is 20.1 Å². The summed E-state index contributed by atoms with van der Waals surface area (Å²) in [5.41, 5.74) is 5.14. The number of aliphatic hydroxyl groups excluding tert-OH is 2. The molecule has 1 aliphatic rings. The smallest absolute Gasteiger partial charge is 0.0558 e. The average molecular weight is 345 g/mol. The standard InChI is InChI=1S/C20H31N3O2/c1-14-15(2)21-20-16(5-4-6-19(14)20)10-23-11-17(18(12-23)13-25)9-22(3)7-8-24/h4-6,17-18,21,24-25H,7-13H2,1-3H3. The van der Waals surface area contributed by atoms with Crippen LogP contribution in [-0.4, -0.2) is 71.4 Å². The van der Waals surface area contributed by atoms with E-state index in [1.807, 2.05) is 7.05 Å². The van der Waals surface area contributed by atoms with Crippen molar-refractivity contribution in [3.63, 3.8) is 0 Å². The second-order valence-corrected chi connectivity index (χ2v) is 7.60. The Labute approximate surface area is 150 Å². The molecule has 0 bridgehead atoms. The van der Waals surface area contributed by atoms with Gasteiger partial charge in [-0.2, -0.15) is 0 Å². The molecule has 2 aromatic rings. The normalized spacial score (nSPS) is 21.7. The van der Waals surface area contributed by atoms with Crippen molar-refractivity contribution in [2.75, 3.05) is 46.4 Å². The number of likely N-dealkylation sites (N-methyl/N-ethyl adjacent to an activating group) is 1. The number of H-pyrrole nitrogens is 1. The minimum Gasteiger partial charge on any atom is -0.396 e. The lowest BCUT2D eigenvalue weighted by atomic mass is 9.96. The van der Waals surface area contributed by atoms with Gasteiger partial charge >= 0.3 is 0 Å². The first-order chi connectivity index (χ1) is 12.0. The van der Waals surface area contributed by atoms with Gasteiger partial charge in [0.15, 0.2) is 0 Å². The van der Waals surface area contributed by atoms with Crippen LogP contribution in [0.2, 0.25) is 0 Å². The predicted octanol–water partition coefficient (Wildman–Crippen LogP) is 1.75. The van der Waals surface area contributed by atoms with E-state index in [-0.39, 0.29) is 13.2 Å². The first-order valence-corrected chi connectivity index (χ1v) is 9.22. The lowest BCUT2D eigenvalue weighted by molar-refractivity contribution is 0.160. The second-order valence-electron chi connectivity index (χ2n) is 7.60. The Morgan fingerprint density at radius 1 is 1.20 bits per heavy atom. The van der Waals surface area contributed by atoms with Crippen molar-refractivity contribution in [3.8, 4) is 0 Å². The van der Waals surface area contributed by atoms with Crippen LogP contribution >= 0.6 is 0 Å². The Bertz CT molecular complexity index is 712. The van der Waals surface area contributed by atoms with Crippen LogP contribution in [0.1, 0.15) is 16.8 Å². The van der Waals surface area contributed by atoms with Gasteiger partial charge in [0.1, 0.15) is 0 Å². The second kappa shape index (κ2) is 7.87. The number of fused-ring (bicyclic) bond motifs is 1. The van der Waals surface area contributed by atoms with Crippen molar-refractivity contribution in [3.05, 3.63) is 35.0 Å². The molecule has 2 atom stereocenters. The Hall–Kier alpha value is -1.40. The fourth-order valence-corrected chi connectivity index (χ4v) is 4.16. The molecule has 25 heavy (non-hydrogen) atoms. The van der Waals surface area contributed by atoms with Crippen molar-refractivity contribution in [2.24, 2.45) is 11.8 Å². The summed E-state index contributed by atoms with van der Waals surface area (Å²) >= 11 is 0. The quantitative estimate of drug-likeness (QED) is 0.715. The molecule has 0 spiro atoms. The average Bonchev–Trinajstić information content (AvgIpc) is 3.10. The van der Waals surface area contributed by atoms with Crippen molar-refractivity contribution >= 4 is 10.9 Å². The Kier molecular flexibility index (Phi) is 5.79. The molecule has 1 aromatic heterocycles. The van der Waals surface area contributed by atoms with E-state index < -0.39 is 0 Å². The molecule has 1 fully saturated rings. The number of aliphatic hydroxyl groups is 2. The number of likely N-dealkylation sites (tertiary alicyclic amines) is 1. The van der Waals surface area contributed by atoms with Gasteiger partial charge in [0.2, 0.25) is 0 Å². The topological polar surface area (TPSA) is 62.7 Å². The third-order valence-corrected chi connectivity index (χ3v) is 5.74. The molecule has 0 saturated carbocycles. The van der Waals surface area contributed by atoms with Gasteiger partial charge in [-0.25, -0.2) is 0 Å². The zero-order valence-electron chi connectivity index (χ0n) is 15.6. The molecule has 0 radical (unpaired) electrons. The van der Waals surface area contributed by atoms with Crippen molar-refractivity contribution in [2.45, 2.75) is 20.4 Å². The van der Waals surface area contributed by atoms with Crippen LogP contribution in [0, 0.1) is 25.7 Å². The van der Waals surface area contributed by atoms with Crippen molar-refractivity contribution in [1.82, 2.24) is 14.8 Å². The Balaban J connectivity index is 1.72. The summed E-state index contributed by atoms with van der Waals surface area (Å²) in [5, 5.41) is 20.2. The summed E-state index contributed by atoms with van der Waals surface area (Å²) < 4.78 is 0. The number of aromatic nitrogens is 1. The molecule has 3 rings (SSSR count). The van der Waals surface area contributed by atoms with Gasteiger partial charge in [-0.05, 0) is 43.9 Å². The molecule has 0 aliphatic carbocycles. The van der Waals surface area contributed by atoms with E-state index in [0.29, 0.717) is 18.4 Å². The fraction of sp³-hybridized carbons (Fsp3) is 0.600. The van der Waals surface area contributed by atoms with Crippen molar-refractivity contribution in [1.29, 1.82) is 0 Å². The molecule has 1 aliphatic heterocycles. The Morgan fingerprint density at radius 3 is 2.68 bits per heavy atom. The number of nitrogens with one attached hydrogen (secondary N) is 1. The molecule has 1 aromatic carbocycles. The highest BCUT2D eigenvalue weighted by Gasteiger charge is 2.33. The van der Waals surface area contributed by atoms with Crippen LogP contribution in [0.5, 0.6) is 0 Å². The van der Waals surface area contributed by atoms with Crippen LogP contribution in [-0.2, 0) is 6.54 Å². The van der Waals surface area contributed by atoms with Gasteiger partial charge in [-0.3, -0.25) is 4.90 Å². The summed E-state index contributed by atoms with van der Waals surface area (Å²) in [6.07, 6.45) is 0. The first kappa shape index (κ1) is 18.4. The van der Waals surface area contributed by atoms with E-state index in [2.05, 4.69) is 46.8 Å². The minimum absolute atomic E-state index is 0.185. The van der Waals surface area contributed by atoms with E-state index in [4.69, 9.17) is 5.11 Å². The summed E-state index contributed by atoms with van der Waals surface area (Å²) in [5.74, 6) is 0.764. The Morgan fingerprint density at radius 2 is 1.96 bits per heavy atom. The number of benzene rings is 1. The van der Waals surface area contributed by atoms with E-state index in [0.717, 1.165) is 26.2 Å². The van der Waals surface area contributed by atoms with Crippen LogP contribution in [0.15, 0.2) is 18.2 Å². The number of aryl methyl sites for hydroxylation is 2. The fourth-order valence-electron chi connectivity index (χ4n) is 4.16. The molecule has 2 unspecified atom stereocenters. The number of para-hydroxylation sites is 1. The van der Waals surface area contributed by atoms with Crippen molar-refractivity contribution < 1.29 is 10.2 Å². The highest BCUT2D eigenvalue weighted by molar-refractivity contribution is 5.87. The maximum absolute atomic E-state index is 9.77. The zero-order valence-corrected chi connectivity index (χ0v) is 15.6. The van der Waals surface area contributed by atoms with Gasteiger partial charge in [-0.1, -0.05) is 18.2 Å². The van der Waals surface area contributed by atoms with Gasteiger partial charge in [-0.15, -0.1) is 0 Å². The van der Waals surface area contributed by atoms with Gasteiger partial charge in [0.05, 0.1) is 12.1 Å². The van der Waals surface area contributed by atoms with Gasteiger partial charge in [0, 0.05) is 50.4 Å². The summed E-state index contributed by atoms with van der Waals surface area (Å²) in [4.78, 5) is 8.16. The third-order valence-electron chi connectivity index (χ3n) is 5.74. The molecular formula is C20H31N3O2. The zero-order chi connectivity index (χ0) is 18.0. The van der Waals surface area contributed by atoms with Crippen LogP contribution in [0.25, 0.3) is 10.9 Å².